The summed E-state index contributed by atoms with van der Waals surface area (Å²) in [6, 6.07) is 14.0. The first kappa shape index (κ1) is 20.5. The van der Waals surface area contributed by atoms with E-state index in [0.717, 1.165) is 48.5 Å². The number of hydrogen-bond acceptors (Lipinski definition) is 4. The fraction of sp³-hybridized carbons (Fsp3) is 0.417. The van der Waals surface area contributed by atoms with Gasteiger partial charge in [0.15, 0.2) is 0 Å². The zero-order chi connectivity index (χ0) is 20.9. The number of piperidine rings is 1. The minimum Gasteiger partial charge on any atom is -0.494 e. The molecule has 0 spiro atoms. The largest absolute Gasteiger partial charge is 0.494 e. The zero-order valence-electron chi connectivity index (χ0n) is 17.4. The van der Waals surface area contributed by atoms with Crippen molar-refractivity contribution in [3.05, 3.63) is 65.5 Å². The molecule has 4 rings (SSSR count). The molecule has 158 valence electrons. The molecule has 6 heteroatoms. The lowest BCUT2D eigenvalue weighted by atomic mass is 9.98. The van der Waals surface area contributed by atoms with Gasteiger partial charge >= 0.3 is 0 Å². The summed E-state index contributed by atoms with van der Waals surface area (Å²) in [4.78, 5) is 15.4. The number of amides is 1. The summed E-state index contributed by atoms with van der Waals surface area (Å²) in [5, 5.41) is 6.32. The Morgan fingerprint density at radius 2 is 1.77 bits per heavy atom. The predicted octanol–water partition coefficient (Wildman–Crippen LogP) is 4.39. The Balaban J connectivity index is 1.58. The van der Waals surface area contributed by atoms with Crippen molar-refractivity contribution in [3.8, 4) is 5.75 Å². The second kappa shape index (κ2) is 9.39. The fourth-order valence-electron chi connectivity index (χ4n) is 4.15. The van der Waals surface area contributed by atoms with Gasteiger partial charge in [0.05, 0.1) is 24.9 Å². The molecule has 1 amide bonds. The van der Waals surface area contributed by atoms with Gasteiger partial charge in [-0.05, 0) is 68.2 Å². The molecule has 1 atom stereocenters. The molecule has 1 unspecified atom stereocenters. The van der Waals surface area contributed by atoms with E-state index in [1.165, 1.54) is 18.6 Å². The Morgan fingerprint density at radius 3 is 2.43 bits per heavy atom. The SMILES string of the molecule is CCOc1ccc(C2CC(c3ccc(F)cc3)=NN2C(=O)CN2CCCCC2)cc1. The maximum atomic E-state index is 13.4. The molecule has 5 nitrogen and oxygen atoms in total. The summed E-state index contributed by atoms with van der Waals surface area (Å²) in [6.07, 6.45) is 4.11. The van der Waals surface area contributed by atoms with Gasteiger partial charge in [0.1, 0.15) is 11.6 Å². The van der Waals surface area contributed by atoms with Crippen LogP contribution < -0.4 is 4.74 Å². The van der Waals surface area contributed by atoms with Crippen LogP contribution in [0, 0.1) is 5.82 Å². The van der Waals surface area contributed by atoms with Crippen LogP contribution in [0.1, 0.15) is 49.8 Å². The van der Waals surface area contributed by atoms with Gasteiger partial charge in [-0.25, -0.2) is 9.40 Å². The number of halogens is 1. The zero-order valence-corrected chi connectivity index (χ0v) is 17.4. The second-order valence-corrected chi connectivity index (χ2v) is 7.85. The normalized spacial score (nSPS) is 19.6. The summed E-state index contributed by atoms with van der Waals surface area (Å²) in [5.41, 5.74) is 2.67. The van der Waals surface area contributed by atoms with Gasteiger partial charge in [0.25, 0.3) is 5.91 Å². The van der Waals surface area contributed by atoms with E-state index in [1.54, 1.807) is 17.1 Å². The molecular weight excluding hydrogens is 381 g/mol. The fourth-order valence-corrected chi connectivity index (χ4v) is 4.15. The molecular formula is C24H28FN3O2. The third-order valence-corrected chi connectivity index (χ3v) is 5.73. The van der Waals surface area contributed by atoms with E-state index in [9.17, 15) is 9.18 Å². The molecule has 2 aromatic carbocycles. The first-order chi connectivity index (χ1) is 14.6. The Hall–Kier alpha value is -2.73. The van der Waals surface area contributed by atoms with Crippen LogP contribution in [0.25, 0.3) is 0 Å². The number of ether oxygens (including phenoxy) is 1. The molecule has 1 fully saturated rings. The van der Waals surface area contributed by atoms with Crippen LogP contribution in [0.2, 0.25) is 0 Å². The Morgan fingerprint density at radius 1 is 1.07 bits per heavy atom. The highest BCUT2D eigenvalue weighted by molar-refractivity contribution is 6.03. The van der Waals surface area contributed by atoms with E-state index in [1.807, 2.05) is 31.2 Å². The standard InChI is InChI=1S/C24H28FN3O2/c1-2-30-21-12-8-19(9-13-21)23-16-22(18-6-10-20(25)11-7-18)26-28(23)24(29)17-27-14-4-3-5-15-27/h6-13,23H,2-5,14-17H2,1H3. The monoisotopic (exact) mass is 409 g/mol. The van der Waals surface area contributed by atoms with Crippen LogP contribution in [0.15, 0.2) is 53.6 Å². The van der Waals surface area contributed by atoms with E-state index < -0.39 is 0 Å². The topological polar surface area (TPSA) is 45.1 Å². The maximum Gasteiger partial charge on any atom is 0.257 e. The molecule has 0 aromatic heterocycles. The van der Waals surface area contributed by atoms with Crippen molar-refractivity contribution in [3.63, 3.8) is 0 Å². The number of hydrogen-bond donors (Lipinski definition) is 0. The number of carbonyl (C=O) groups is 1. The van der Waals surface area contributed by atoms with E-state index in [4.69, 9.17) is 9.84 Å². The molecule has 0 aliphatic carbocycles. The van der Waals surface area contributed by atoms with Crippen molar-refractivity contribution in [2.24, 2.45) is 5.10 Å². The average Bonchev–Trinajstić information content (AvgIpc) is 3.21. The van der Waals surface area contributed by atoms with Crippen molar-refractivity contribution >= 4 is 11.6 Å². The van der Waals surface area contributed by atoms with Crippen LogP contribution in [0.5, 0.6) is 5.75 Å². The molecule has 0 saturated carbocycles. The molecule has 2 aliphatic rings. The quantitative estimate of drug-likeness (QED) is 0.711. The van der Waals surface area contributed by atoms with E-state index in [2.05, 4.69) is 4.90 Å². The minimum atomic E-state index is -0.279. The Labute approximate surface area is 177 Å². The third kappa shape index (κ3) is 4.70. The van der Waals surface area contributed by atoms with Gasteiger partial charge in [0, 0.05) is 6.42 Å². The van der Waals surface area contributed by atoms with Crippen molar-refractivity contribution in [2.75, 3.05) is 26.2 Å². The number of nitrogens with zero attached hydrogens (tertiary/aromatic N) is 3. The van der Waals surface area contributed by atoms with Crippen LogP contribution in [0.3, 0.4) is 0 Å². The van der Waals surface area contributed by atoms with Gasteiger partial charge in [-0.2, -0.15) is 5.10 Å². The van der Waals surface area contributed by atoms with Crippen molar-refractivity contribution < 1.29 is 13.9 Å². The summed E-state index contributed by atoms with van der Waals surface area (Å²) >= 11 is 0. The van der Waals surface area contributed by atoms with E-state index in [-0.39, 0.29) is 17.8 Å². The van der Waals surface area contributed by atoms with E-state index >= 15 is 0 Å². The third-order valence-electron chi connectivity index (χ3n) is 5.73. The molecule has 2 aliphatic heterocycles. The lowest BCUT2D eigenvalue weighted by molar-refractivity contribution is -0.134. The molecule has 0 bridgehead atoms. The van der Waals surface area contributed by atoms with Crippen molar-refractivity contribution in [1.29, 1.82) is 0 Å². The van der Waals surface area contributed by atoms with E-state index in [0.29, 0.717) is 19.6 Å². The van der Waals surface area contributed by atoms with Crippen LogP contribution in [0.4, 0.5) is 4.39 Å². The highest BCUT2D eigenvalue weighted by Crippen LogP contribution is 2.34. The summed E-state index contributed by atoms with van der Waals surface area (Å²) in [7, 11) is 0. The van der Waals surface area contributed by atoms with Crippen LogP contribution in [-0.4, -0.2) is 47.8 Å². The van der Waals surface area contributed by atoms with Gasteiger partial charge in [-0.15, -0.1) is 0 Å². The molecule has 2 heterocycles. The number of hydrazone groups is 1. The smallest absolute Gasteiger partial charge is 0.257 e. The van der Waals surface area contributed by atoms with Gasteiger partial charge in [-0.1, -0.05) is 30.7 Å². The van der Waals surface area contributed by atoms with Gasteiger partial charge < -0.3 is 4.74 Å². The first-order valence-electron chi connectivity index (χ1n) is 10.7. The average molecular weight is 410 g/mol. The number of benzene rings is 2. The second-order valence-electron chi connectivity index (χ2n) is 7.85. The predicted molar refractivity (Wildman–Crippen MR) is 115 cm³/mol. The maximum absolute atomic E-state index is 13.4. The van der Waals surface area contributed by atoms with Gasteiger partial charge in [-0.3, -0.25) is 9.69 Å². The van der Waals surface area contributed by atoms with Crippen LogP contribution >= 0.6 is 0 Å². The summed E-state index contributed by atoms with van der Waals surface area (Å²) in [5.74, 6) is 0.538. The van der Waals surface area contributed by atoms with Gasteiger partial charge in [0.2, 0.25) is 0 Å². The Kier molecular flexibility index (Phi) is 6.43. The molecule has 0 radical (unpaired) electrons. The molecule has 30 heavy (non-hydrogen) atoms. The van der Waals surface area contributed by atoms with Crippen LogP contribution in [-0.2, 0) is 4.79 Å². The molecule has 2 aromatic rings. The highest BCUT2D eigenvalue weighted by Gasteiger charge is 2.33. The molecule has 1 saturated heterocycles. The number of rotatable bonds is 6. The van der Waals surface area contributed by atoms with Crippen molar-refractivity contribution in [2.45, 2.75) is 38.6 Å². The lowest BCUT2D eigenvalue weighted by Crippen LogP contribution is -2.40. The highest BCUT2D eigenvalue weighted by atomic mass is 19.1. The number of likely N-dealkylation sites (tertiary alicyclic amines) is 1. The lowest BCUT2D eigenvalue weighted by Gasteiger charge is -2.29. The first-order valence-corrected chi connectivity index (χ1v) is 10.7. The van der Waals surface area contributed by atoms with Crippen molar-refractivity contribution in [1.82, 2.24) is 9.91 Å². The number of carbonyl (C=O) groups excluding carboxylic acids is 1. The Bertz CT molecular complexity index is 890. The molecule has 0 N–H and O–H groups in total. The summed E-state index contributed by atoms with van der Waals surface area (Å²) in [6.45, 7) is 4.87. The minimum absolute atomic E-state index is 0.00731. The summed E-state index contributed by atoms with van der Waals surface area (Å²) < 4.78 is 18.9.